The quantitative estimate of drug-likeness (QED) is 0.737. The summed E-state index contributed by atoms with van der Waals surface area (Å²) >= 11 is 18.0. The van der Waals surface area contributed by atoms with Crippen LogP contribution in [-0.4, -0.2) is 14.7 Å². The van der Waals surface area contributed by atoms with Crippen LogP contribution in [-0.2, 0) is 6.54 Å². The normalized spacial score (nSPS) is 11.2. The maximum Gasteiger partial charge on any atom is 0.326 e. The summed E-state index contributed by atoms with van der Waals surface area (Å²) in [6.07, 6.45) is 0. The zero-order valence-corrected chi connectivity index (χ0v) is 12.8. The number of nitrogens with one attached hydrogen (secondary N) is 1. The van der Waals surface area contributed by atoms with Crippen molar-refractivity contribution >= 4 is 45.8 Å². The van der Waals surface area contributed by atoms with Crippen LogP contribution >= 0.6 is 34.8 Å². The summed E-state index contributed by atoms with van der Waals surface area (Å²) < 4.78 is 1.43. The molecule has 4 nitrogen and oxygen atoms in total. The summed E-state index contributed by atoms with van der Waals surface area (Å²) in [5, 5.41) is 11.1. The standard InChI is InChI=1S/C14H9Cl3N2O2/c15-8-1-2-12(20)7(3-8)6-19-13-10(17)4-9(16)5-11(13)18-14(19)21/h1-5,20H,6H2,(H,18,21). The highest BCUT2D eigenvalue weighted by atomic mass is 35.5. The second kappa shape index (κ2) is 5.30. The van der Waals surface area contributed by atoms with E-state index >= 15 is 0 Å². The molecule has 0 unspecified atom stereocenters. The molecule has 2 N–H and O–H groups in total. The van der Waals surface area contributed by atoms with Crippen LogP contribution in [0.1, 0.15) is 5.56 Å². The van der Waals surface area contributed by atoms with Crippen molar-refractivity contribution in [1.82, 2.24) is 9.55 Å². The maximum atomic E-state index is 12.1. The number of nitrogens with zero attached hydrogens (tertiary/aromatic N) is 1. The van der Waals surface area contributed by atoms with E-state index in [1.807, 2.05) is 0 Å². The minimum absolute atomic E-state index is 0.0609. The Morgan fingerprint density at radius 3 is 2.62 bits per heavy atom. The molecular formula is C14H9Cl3N2O2. The first-order valence-electron chi connectivity index (χ1n) is 6.00. The van der Waals surface area contributed by atoms with E-state index < -0.39 is 0 Å². The van der Waals surface area contributed by atoms with Gasteiger partial charge in [0.15, 0.2) is 0 Å². The van der Waals surface area contributed by atoms with Gasteiger partial charge in [0, 0.05) is 15.6 Å². The number of aromatic amines is 1. The number of benzene rings is 2. The molecule has 0 fully saturated rings. The minimum Gasteiger partial charge on any atom is -0.508 e. The average molecular weight is 344 g/mol. The Hall–Kier alpha value is -1.62. The highest BCUT2D eigenvalue weighted by molar-refractivity contribution is 6.38. The van der Waals surface area contributed by atoms with E-state index in [0.717, 1.165) is 0 Å². The number of fused-ring (bicyclic) bond motifs is 1. The molecular weight excluding hydrogens is 335 g/mol. The molecule has 3 aromatic rings. The molecule has 2 aromatic carbocycles. The predicted octanol–water partition coefficient (Wildman–Crippen LogP) is 4.04. The Bertz CT molecular complexity index is 899. The molecule has 1 heterocycles. The summed E-state index contributed by atoms with van der Waals surface area (Å²) in [6.45, 7) is 0.145. The molecule has 108 valence electrons. The third kappa shape index (κ3) is 2.62. The van der Waals surface area contributed by atoms with Crippen LogP contribution < -0.4 is 5.69 Å². The number of phenols is 1. The number of phenolic OH excluding ortho intramolecular Hbond substituents is 1. The van der Waals surface area contributed by atoms with Crippen molar-refractivity contribution in [3.8, 4) is 5.75 Å². The summed E-state index contributed by atoms with van der Waals surface area (Å²) in [7, 11) is 0. The number of rotatable bonds is 2. The molecule has 0 aliphatic carbocycles. The molecule has 0 bridgehead atoms. The van der Waals surface area contributed by atoms with Crippen molar-refractivity contribution in [3.63, 3.8) is 0 Å². The zero-order chi connectivity index (χ0) is 15.1. The molecule has 0 aliphatic heterocycles. The zero-order valence-electron chi connectivity index (χ0n) is 10.5. The van der Waals surface area contributed by atoms with Crippen LogP contribution in [0, 0.1) is 0 Å². The Balaban J connectivity index is 2.19. The van der Waals surface area contributed by atoms with Gasteiger partial charge in [-0.05, 0) is 30.3 Å². The molecule has 0 spiro atoms. The lowest BCUT2D eigenvalue weighted by atomic mass is 10.2. The van der Waals surface area contributed by atoms with Crippen molar-refractivity contribution in [2.45, 2.75) is 6.54 Å². The Morgan fingerprint density at radius 1 is 1.10 bits per heavy atom. The molecule has 1 aromatic heterocycles. The molecule has 0 saturated heterocycles. The van der Waals surface area contributed by atoms with Crippen LogP contribution in [0.3, 0.4) is 0 Å². The van der Waals surface area contributed by atoms with Gasteiger partial charge in [0.2, 0.25) is 0 Å². The molecule has 0 saturated carbocycles. The highest BCUT2D eigenvalue weighted by Crippen LogP contribution is 2.28. The number of halogens is 3. The lowest BCUT2D eigenvalue weighted by Crippen LogP contribution is -2.17. The number of imidazole rings is 1. The van der Waals surface area contributed by atoms with Gasteiger partial charge in [-0.1, -0.05) is 34.8 Å². The molecule has 0 atom stereocenters. The van der Waals surface area contributed by atoms with Gasteiger partial charge in [-0.3, -0.25) is 4.57 Å². The van der Waals surface area contributed by atoms with Crippen LogP contribution in [0.15, 0.2) is 35.1 Å². The fourth-order valence-electron chi connectivity index (χ4n) is 2.22. The van der Waals surface area contributed by atoms with E-state index in [0.29, 0.717) is 31.7 Å². The molecule has 0 amide bonds. The molecule has 0 radical (unpaired) electrons. The Morgan fingerprint density at radius 2 is 1.86 bits per heavy atom. The predicted molar refractivity (Wildman–Crippen MR) is 84.8 cm³/mol. The summed E-state index contributed by atoms with van der Waals surface area (Å²) in [5.41, 5.74) is 1.26. The lowest BCUT2D eigenvalue weighted by Gasteiger charge is -2.07. The van der Waals surface area contributed by atoms with Crippen LogP contribution in [0.25, 0.3) is 11.0 Å². The van der Waals surface area contributed by atoms with Crippen LogP contribution in [0.5, 0.6) is 5.75 Å². The number of hydrogen-bond acceptors (Lipinski definition) is 2. The third-order valence-corrected chi connectivity index (χ3v) is 3.90. The smallest absolute Gasteiger partial charge is 0.326 e. The van der Waals surface area contributed by atoms with Gasteiger partial charge in [0.1, 0.15) is 5.75 Å². The molecule has 3 rings (SSSR count). The third-order valence-electron chi connectivity index (χ3n) is 3.15. The van der Waals surface area contributed by atoms with Gasteiger partial charge >= 0.3 is 5.69 Å². The Labute approximate surface area is 134 Å². The van der Waals surface area contributed by atoms with Gasteiger partial charge in [-0.15, -0.1) is 0 Å². The van der Waals surface area contributed by atoms with Crippen molar-refractivity contribution in [2.75, 3.05) is 0 Å². The van der Waals surface area contributed by atoms with Gasteiger partial charge < -0.3 is 10.1 Å². The second-order valence-corrected chi connectivity index (χ2v) is 5.85. The first-order valence-corrected chi connectivity index (χ1v) is 7.14. The number of H-pyrrole nitrogens is 1. The van der Waals surface area contributed by atoms with Crippen molar-refractivity contribution in [1.29, 1.82) is 0 Å². The van der Waals surface area contributed by atoms with Crippen molar-refractivity contribution in [2.24, 2.45) is 0 Å². The van der Waals surface area contributed by atoms with E-state index in [-0.39, 0.29) is 18.0 Å². The van der Waals surface area contributed by atoms with E-state index in [2.05, 4.69) is 4.98 Å². The van der Waals surface area contributed by atoms with Gasteiger partial charge in [-0.25, -0.2) is 4.79 Å². The molecule has 7 heteroatoms. The highest BCUT2D eigenvalue weighted by Gasteiger charge is 2.13. The van der Waals surface area contributed by atoms with E-state index in [4.69, 9.17) is 34.8 Å². The second-order valence-electron chi connectivity index (χ2n) is 4.57. The first-order chi connectivity index (χ1) is 9.95. The van der Waals surface area contributed by atoms with Crippen molar-refractivity contribution < 1.29 is 5.11 Å². The monoisotopic (exact) mass is 342 g/mol. The fraction of sp³-hybridized carbons (Fsp3) is 0.0714. The van der Waals surface area contributed by atoms with E-state index in [1.165, 1.54) is 10.6 Å². The van der Waals surface area contributed by atoms with E-state index in [9.17, 15) is 9.90 Å². The SMILES string of the molecule is O=c1[nH]c2cc(Cl)cc(Cl)c2n1Cc1cc(Cl)ccc1O. The largest absolute Gasteiger partial charge is 0.508 e. The minimum atomic E-state index is -0.339. The average Bonchev–Trinajstić information content (AvgIpc) is 2.70. The topological polar surface area (TPSA) is 58.0 Å². The number of hydrogen-bond donors (Lipinski definition) is 2. The van der Waals surface area contributed by atoms with Gasteiger partial charge in [0.25, 0.3) is 0 Å². The van der Waals surface area contributed by atoms with Gasteiger partial charge in [0.05, 0.1) is 22.6 Å². The maximum absolute atomic E-state index is 12.1. The van der Waals surface area contributed by atoms with E-state index in [1.54, 1.807) is 24.3 Å². The van der Waals surface area contributed by atoms with Crippen LogP contribution in [0.4, 0.5) is 0 Å². The number of aromatic nitrogens is 2. The lowest BCUT2D eigenvalue weighted by molar-refractivity contribution is 0.466. The summed E-state index contributed by atoms with van der Waals surface area (Å²) in [4.78, 5) is 14.8. The molecule has 0 aliphatic rings. The first kappa shape index (κ1) is 14.3. The summed E-state index contributed by atoms with van der Waals surface area (Å²) in [6, 6.07) is 7.85. The Kier molecular flexibility index (Phi) is 3.61. The van der Waals surface area contributed by atoms with Crippen LogP contribution in [0.2, 0.25) is 15.1 Å². The van der Waals surface area contributed by atoms with Gasteiger partial charge in [-0.2, -0.15) is 0 Å². The number of aromatic hydroxyl groups is 1. The van der Waals surface area contributed by atoms with Crippen molar-refractivity contribution in [3.05, 3.63) is 61.4 Å². The summed E-state index contributed by atoms with van der Waals surface area (Å²) in [5.74, 6) is 0.0609. The molecule has 21 heavy (non-hydrogen) atoms. The fourth-order valence-corrected chi connectivity index (χ4v) is 3.01.